The molecular weight excluding hydrogens is 494 g/mol. The Kier molecular flexibility index (Phi) is 8.08. The molecule has 1 fully saturated rings. The maximum absolute atomic E-state index is 13.2. The summed E-state index contributed by atoms with van der Waals surface area (Å²) in [4.78, 5) is 39.7. The lowest BCUT2D eigenvalue weighted by molar-refractivity contribution is -0.384. The van der Waals surface area contributed by atoms with Crippen LogP contribution in [-0.2, 0) is 9.53 Å². The lowest BCUT2D eigenvalue weighted by atomic mass is 9.98. The van der Waals surface area contributed by atoms with Crippen molar-refractivity contribution in [1.82, 2.24) is 0 Å². The van der Waals surface area contributed by atoms with Gasteiger partial charge in [-0.1, -0.05) is 54.9 Å². The van der Waals surface area contributed by atoms with Gasteiger partial charge in [0, 0.05) is 35.4 Å². The number of nitro groups is 1. The summed E-state index contributed by atoms with van der Waals surface area (Å²) in [6, 6.07) is 18.0. The Hall–Kier alpha value is -3.91. The number of nitrogens with zero attached hydrogens (tertiary/aromatic N) is 2. The number of amides is 1. The highest BCUT2D eigenvalue weighted by Gasteiger charge is 2.29. The molecule has 1 atom stereocenters. The van der Waals surface area contributed by atoms with Gasteiger partial charge in [0.25, 0.3) is 11.6 Å². The van der Waals surface area contributed by atoms with E-state index in [-0.39, 0.29) is 11.3 Å². The molecule has 1 heterocycles. The Morgan fingerprint density at radius 3 is 2.43 bits per heavy atom. The molecule has 4 rings (SSSR count). The zero-order chi connectivity index (χ0) is 26.5. The van der Waals surface area contributed by atoms with Crippen LogP contribution in [0.4, 0.5) is 17.1 Å². The van der Waals surface area contributed by atoms with E-state index >= 15 is 0 Å². The topological polar surface area (TPSA) is 102 Å². The van der Waals surface area contributed by atoms with Gasteiger partial charge in [-0.05, 0) is 55.5 Å². The zero-order valence-electron chi connectivity index (χ0n) is 20.6. The highest BCUT2D eigenvalue weighted by atomic mass is 35.5. The number of esters is 1. The number of piperidine rings is 1. The molecule has 0 aliphatic carbocycles. The number of carbonyl (C=O) groups is 2. The molecule has 9 heteroatoms. The van der Waals surface area contributed by atoms with E-state index in [2.05, 4.69) is 12.2 Å². The van der Waals surface area contributed by atoms with Gasteiger partial charge in [-0.15, -0.1) is 0 Å². The van der Waals surface area contributed by atoms with Crippen LogP contribution < -0.4 is 10.2 Å². The fourth-order valence-corrected chi connectivity index (χ4v) is 4.45. The van der Waals surface area contributed by atoms with E-state index in [1.54, 1.807) is 54.6 Å². The van der Waals surface area contributed by atoms with Crippen LogP contribution >= 0.6 is 11.6 Å². The summed E-state index contributed by atoms with van der Waals surface area (Å²) in [6.07, 6.45) is 0.609. The minimum Gasteiger partial charge on any atom is -0.444 e. The van der Waals surface area contributed by atoms with Crippen LogP contribution in [0.5, 0.6) is 0 Å². The molecule has 1 aliphatic rings. The standard InChI is InChI=1S/C28H28ClN3O5/c1-18-12-14-31(15-13-18)24-11-9-21(16-25(24)32(35)36)28(34)37-26(20-6-4-3-5-7-20)27(33)30-22-10-8-19(2)23(29)17-22/h3-11,16-18,26H,12-15H2,1-2H3,(H,30,33)/t26-/m0/s1. The smallest absolute Gasteiger partial charge is 0.339 e. The molecule has 1 aliphatic heterocycles. The third-order valence-corrected chi connectivity index (χ3v) is 6.94. The van der Waals surface area contributed by atoms with Gasteiger partial charge in [-0.3, -0.25) is 14.9 Å². The van der Waals surface area contributed by atoms with Gasteiger partial charge in [-0.25, -0.2) is 4.79 Å². The van der Waals surface area contributed by atoms with Crippen LogP contribution in [0.15, 0.2) is 66.7 Å². The number of anilines is 2. The van der Waals surface area contributed by atoms with E-state index in [0.29, 0.717) is 41.0 Å². The monoisotopic (exact) mass is 521 g/mol. The molecule has 0 aromatic heterocycles. The van der Waals surface area contributed by atoms with Crippen LogP contribution in [-0.4, -0.2) is 29.9 Å². The second-order valence-corrected chi connectivity index (χ2v) is 9.69. The number of hydrogen-bond donors (Lipinski definition) is 1. The van der Waals surface area contributed by atoms with Gasteiger partial charge in [0.15, 0.2) is 0 Å². The molecule has 1 amide bonds. The minimum atomic E-state index is -1.28. The highest BCUT2D eigenvalue weighted by Crippen LogP contribution is 2.33. The molecule has 8 nitrogen and oxygen atoms in total. The van der Waals surface area contributed by atoms with Crippen molar-refractivity contribution in [2.75, 3.05) is 23.3 Å². The maximum Gasteiger partial charge on any atom is 0.339 e. The normalized spacial score (nSPS) is 14.6. The largest absolute Gasteiger partial charge is 0.444 e. The summed E-state index contributed by atoms with van der Waals surface area (Å²) in [5.74, 6) is -0.845. The Morgan fingerprint density at radius 2 is 1.78 bits per heavy atom. The van der Waals surface area contributed by atoms with Crippen molar-refractivity contribution >= 4 is 40.5 Å². The average Bonchev–Trinajstić information content (AvgIpc) is 2.89. The molecule has 0 unspecified atom stereocenters. The molecule has 37 heavy (non-hydrogen) atoms. The van der Waals surface area contributed by atoms with Gasteiger partial charge < -0.3 is 15.0 Å². The lowest BCUT2D eigenvalue weighted by Gasteiger charge is -2.31. The first-order valence-electron chi connectivity index (χ1n) is 12.1. The number of ether oxygens (including phenoxy) is 1. The summed E-state index contributed by atoms with van der Waals surface area (Å²) >= 11 is 6.18. The molecule has 1 N–H and O–H groups in total. The number of benzene rings is 3. The number of nitro benzene ring substituents is 1. The van der Waals surface area contributed by atoms with Crippen LogP contribution in [0, 0.1) is 23.0 Å². The number of rotatable bonds is 7. The van der Waals surface area contributed by atoms with Crippen molar-refractivity contribution in [3.05, 3.63) is 98.6 Å². The number of halogens is 1. The average molecular weight is 522 g/mol. The second-order valence-electron chi connectivity index (χ2n) is 9.28. The van der Waals surface area contributed by atoms with Gasteiger partial charge in [0.1, 0.15) is 5.69 Å². The number of nitrogens with one attached hydrogen (secondary N) is 1. The number of hydrogen-bond acceptors (Lipinski definition) is 6. The molecule has 3 aromatic rings. The van der Waals surface area contributed by atoms with Gasteiger partial charge in [-0.2, -0.15) is 0 Å². The fourth-order valence-electron chi connectivity index (χ4n) is 4.27. The Bertz CT molecular complexity index is 1310. The van der Waals surface area contributed by atoms with E-state index < -0.39 is 22.9 Å². The molecule has 0 bridgehead atoms. The minimum absolute atomic E-state index is 0.00654. The first-order chi connectivity index (χ1) is 17.7. The number of carbonyl (C=O) groups excluding carboxylic acids is 2. The molecular formula is C28H28ClN3O5. The summed E-state index contributed by atoms with van der Waals surface area (Å²) in [7, 11) is 0. The first-order valence-corrected chi connectivity index (χ1v) is 12.5. The van der Waals surface area contributed by atoms with E-state index in [9.17, 15) is 19.7 Å². The summed E-state index contributed by atoms with van der Waals surface area (Å²) < 4.78 is 5.62. The van der Waals surface area contributed by atoms with Crippen molar-refractivity contribution in [2.45, 2.75) is 32.8 Å². The number of aryl methyl sites for hydroxylation is 1. The van der Waals surface area contributed by atoms with Crippen molar-refractivity contribution < 1.29 is 19.2 Å². The third-order valence-electron chi connectivity index (χ3n) is 6.54. The van der Waals surface area contributed by atoms with Crippen molar-refractivity contribution in [1.29, 1.82) is 0 Å². The van der Waals surface area contributed by atoms with Crippen LogP contribution in [0.3, 0.4) is 0 Å². The Balaban J connectivity index is 1.58. The molecule has 0 spiro atoms. The Morgan fingerprint density at radius 1 is 1.08 bits per heavy atom. The van der Waals surface area contributed by atoms with E-state index in [1.807, 2.05) is 11.8 Å². The van der Waals surface area contributed by atoms with Gasteiger partial charge in [0.2, 0.25) is 6.10 Å². The molecule has 0 radical (unpaired) electrons. The predicted molar refractivity (Wildman–Crippen MR) is 143 cm³/mol. The molecule has 0 saturated carbocycles. The zero-order valence-corrected chi connectivity index (χ0v) is 21.4. The molecule has 1 saturated heterocycles. The van der Waals surface area contributed by atoms with Crippen molar-refractivity contribution in [2.24, 2.45) is 5.92 Å². The van der Waals surface area contributed by atoms with Gasteiger partial charge in [0.05, 0.1) is 10.5 Å². The summed E-state index contributed by atoms with van der Waals surface area (Å²) in [5.41, 5.74) is 2.07. The predicted octanol–water partition coefficient (Wildman–Crippen LogP) is 6.33. The fraction of sp³-hybridized carbons (Fsp3) is 0.286. The van der Waals surface area contributed by atoms with Gasteiger partial charge >= 0.3 is 5.97 Å². The SMILES string of the molecule is Cc1ccc(NC(=O)[C@@H](OC(=O)c2ccc(N3CCC(C)CC3)c([N+](=O)[O-])c2)c2ccccc2)cc1Cl. The second kappa shape index (κ2) is 11.4. The first kappa shape index (κ1) is 26.2. The van der Waals surface area contributed by atoms with Crippen molar-refractivity contribution in [3.8, 4) is 0 Å². The van der Waals surface area contributed by atoms with E-state index in [4.69, 9.17) is 16.3 Å². The summed E-state index contributed by atoms with van der Waals surface area (Å²) in [6.45, 7) is 5.44. The highest BCUT2D eigenvalue weighted by molar-refractivity contribution is 6.31. The third kappa shape index (κ3) is 6.27. The van der Waals surface area contributed by atoms with Crippen LogP contribution in [0.1, 0.15) is 47.4 Å². The quantitative estimate of drug-likeness (QED) is 0.221. The van der Waals surface area contributed by atoms with E-state index in [0.717, 1.165) is 18.4 Å². The van der Waals surface area contributed by atoms with Crippen LogP contribution in [0.25, 0.3) is 0 Å². The van der Waals surface area contributed by atoms with Crippen molar-refractivity contribution in [3.63, 3.8) is 0 Å². The van der Waals surface area contributed by atoms with Crippen LogP contribution in [0.2, 0.25) is 5.02 Å². The van der Waals surface area contributed by atoms with E-state index in [1.165, 1.54) is 12.1 Å². The lowest BCUT2D eigenvalue weighted by Crippen LogP contribution is -2.33. The Labute approximate surface area is 220 Å². The molecule has 192 valence electrons. The molecule has 3 aromatic carbocycles. The summed E-state index contributed by atoms with van der Waals surface area (Å²) in [5, 5.41) is 15.1. The maximum atomic E-state index is 13.2.